The molecule has 0 fully saturated rings. The summed E-state index contributed by atoms with van der Waals surface area (Å²) in [5.41, 5.74) is 1.78. The maximum absolute atomic E-state index is 12.1. The molecular weight excluding hydrogens is 370 g/mol. The van der Waals surface area contributed by atoms with Crippen molar-refractivity contribution in [3.05, 3.63) is 53.9 Å². The molecule has 0 bridgehead atoms. The van der Waals surface area contributed by atoms with E-state index < -0.39 is 0 Å². The van der Waals surface area contributed by atoms with Crippen molar-refractivity contribution in [2.45, 2.75) is 29.7 Å². The molecule has 0 unspecified atom stereocenters. The zero-order valence-electron chi connectivity index (χ0n) is 14.3. The molecule has 0 spiro atoms. The smallest absolute Gasteiger partial charge is 0.234 e. The van der Waals surface area contributed by atoms with Gasteiger partial charge in [-0.25, -0.2) is 9.97 Å². The molecule has 0 radical (unpaired) electrons. The van der Waals surface area contributed by atoms with Crippen molar-refractivity contribution in [3.63, 3.8) is 0 Å². The Kier molecular flexibility index (Phi) is 6.24. The number of amides is 1. The highest BCUT2D eigenvalue weighted by molar-refractivity contribution is 7.99. The van der Waals surface area contributed by atoms with E-state index in [1.165, 1.54) is 23.5 Å². The summed E-state index contributed by atoms with van der Waals surface area (Å²) in [6, 6.07) is 7.63. The van der Waals surface area contributed by atoms with Gasteiger partial charge in [-0.2, -0.15) is 4.98 Å². The summed E-state index contributed by atoms with van der Waals surface area (Å²) >= 11 is 2.92. The van der Waals surface area contributed by atoms with Crippen molar-refractivity contribution in [1.82, 2.24) is 20.1 Å². The van der Waals surface area contributed by atoms with E-state index in [9.17, 15) is 4.79 Å². The summed E-state index contributed by atoms with van der Waals surface area (Å²) in [4.78, 5) is 25.6. The van der Waals surface area contributed by atoms with Crippen LogP contribution in [0.2, 0.25) is 0 Å². The van der Waals surface area contributed by atoms with Gasteiger partial charge in [0.25, 0.3) is 0 Å². The van der Waals surface area contributed by atoms with Gasteiger partial charge in [-0.3, -0.25) is 4.79 Å². The average molecular weight is 387 g/mol. The number of rotatable bonds is 7. The molecule has 0 aliphatic heterocycles. The van der Waals surface area contributed by atoms with Crippen LogP contribution in [0.3, 0.4) is 0 Å². The first-order valence-corrected chi connectivity index (χ1v) is 9.79. The molecule has 1 amide bonds. The summed E-state index contributed by atoms with van der Waals surface area (Å²) in [5.74, 6) is 1.92. The van der Waals surface area contributed by atoms with Crippen LogP contribution in [0.15, 0.2) is 51.2 Å². The second-order valence-electron chi connectivity index (χ2n) is 5.38. The van der Waals surface area contributed by atoms with Gasteiger partial charge in [-0.1, -0.05) is 5.16 Å². The van der Waals surface area contributed by atoms with E-state index in [1.54, 1.807) is 25.4 Å². The second kappa shape index (κ2) is 8.81. The molecule has 3 rings (SSSR count). The summed E-state index contributed by atoms with van der Waals surface area (Å²) < 4.78 is 4.90. The fraction of sp³-hybridized carbons (Fsp3) is 0.235. The number of aromatic nitrogens is 4. The van der Waals surface area contributed by atoms with Crippen LogP contribution >= 0.6 is 23.5 Å². The normalized spacial score (nSPS) is 10.7. The van der Waals surface area contributed by atoms with Crippen LogP contribution in [0.25, 0.3) is 0 Å². The number of hydrogen-bond acceptors (Lipinski definition) is 8. The van der Waals surface area contributed by atoms with Gasteiger partial charge in [-0.15, -0.1) is 11.8 Å². The van der Waals surface area contributed by atoms with E-state index in [0.717, 1.165) is 16.1 Å². The first kappa shape index (κ1) is 18.4. The van der Waals surface area contributed by atoms with Crippen molar-refractivity contribution in [1.29, 1.82) is 0 Å². The number of hydrogen-bond donors (Lipinski definition) is 1. The summed E-state index contributed by atoms with van der Waals surface area (Å²) in [5, 5.41) is 7.42. The second-order valence-corrected chi connectivity index (χ2v) is 7.41. The Labute approximate surface area is 159 Å². The highest BCUT2D eigenvalue weighted by Gasteiger charge is 2.09. The molecule has 2 aromatic heterocycles. The van der Waals surface area contributed by atoms with E-state index in [0.29, 0.717) is 28.4 Å². The third-order valence-electron chi connectivity index (χ3n) is 3.26. The van der Waals surface area contributed by atoms with Crippen LogP contribution in [0.1, 0.15) is 17.3 Å². The number of carbonyl (C=O) groups excluding carboxylic acids is 1. The van der Waals surface area contributed by atoms with Crippen LogP contribution in [0.5, 0.6) is 0 Å². The minimum atomic E-state index is -0.0647. The molecule has 0 aliphatic carbocycles. The third-order valence-corrected chi connectivity index (χ3v) is 5.07. The van der Waals surface area contributed by atoms with Crippen molar-refractivity contribution >= 4 is 35.1 Å². The van der Waals surface area contributed by atoms with Crippen LogP contribution in [0.4, 0.5) is 5.69 Å². The number of carbonyl (C=O) groups is 1. The van der Waals surface area contributed by atoms with Gasteiger partial charge in [0, 0.05) is 29.9 Å². The van der Waals surface area contributed by atoms with Crippen LogP contribution in [-0.2, 0) is 10.5 Å². The minimum absolute atomic E-state index is 0.0647. The van der Waals surface area contributed by atoms with E-state index in [2.05, 4.69) is 25.4 Å². The number of benzene rings is 1. The Balaban J connectivity index is 1.51. The van der Waals surface area contributed by atoms with E-state index in [-0.39, 0.29) is 5.91 Å². The first-order valence-electron chi connectivity index (χ1n) is 7.82. The standard InChI is InChI=1S/C17H17N5O2S2/c1-11-8-13(26-17-18-6-3-7-19-17)4-5-14(11)21-16(23)10-25-9-15-20-12(2)24-22-15/h3-8H,9-10H2,1-2H3,(H,21,23). The summed E-state index contributed by atoms with van der Waals surface area (Å²) in [7, 11) is 0. The molecule has 0 saturated heterocycles. The molecular formula is C17H17N5O2S2. The van der Waals surface area contributed by atoms with Crippen LogP contribution in [-0.4, -0.2) is 31.8 Å². The third kappa shape index (κ3) is 5.30. The average Bonchev–Trinajstić information content (AvgIpc) is 3.03. The topological polar surface area (TPSA) is 93.8 Å². The highest BCUT2D eigenvalue weighted by atomic mass is 32.2. The van der Waals surface area contributed by atoms with Gasteiger partial charge < -0.3 is 9.84 Å². The lowest BCUT2D eigenvalue weighted by Gasteiger charge is -2.09. The van der Waals surface area contributed by atoms with E-state index in [4.69, 9.17) is 4.52 Å². The van der Waals surface area contributed by atoms with E-state index >= 15 is 0 Å². The monoisotopic (exact) mass is 387 g/mol. The largest absolute Gasteiger partial charge is 0.340 e. The Morgan fingerprint density at radius 2 is 2.04 bits per heavy atom. The summed E-state index contributed by atoms with van der Waals surface area (Å²) in [6.45, 7) is 3.70. The van der Waals surface area contributed by atoms with Gasteiger partial charge in [0.15, 0.2) is 11.0 Å². The molecule has 2 heterocycles. The molecule has 0 aliphatic rings. The molecule has 134 valence electrons. The van der Waals surface area contributed by atoms with Crippen molar-refractivity contribution < 1.29 is 9.32 Å². The SMILES string of the molecule is Cc1nc(CSCC(=O)Nc2ccc(Sc3ncccn3)cc2C)no1. The molecule has 3 aromatic rings. The quantitative estimate of drug-likeness (QED) is 0.616. The fourth-order valence-electron chi connectivity index (χ4n) is 2.10. The molecule has 7 nitrogen and oxygen atoms in total. The van der Waals surface area contributed by atoms with Gasteiger partial charge in [-0.05, 0) is 48.5 Å². The first-order chi connectivity index (χ1) is 12.6. The highest BCUT2D eigenvalue weighted by Crippen LogP contribution is 2.28. The molecule has 1 N–H and O–H groups in total. The minimum Gasteiger partial charge on any atom is -0.340 e. The van der Waals surface area contributed by atoms with Crippen molar-refractivity contribution in [2.75, 3.05) is 11.1 Å². The maximum atomic E-state index is 12.1. The Hall–Kier alpha value is -2.39. The number of aryl methyl sites for hydroxylation is 2. The Bertz CT molecular complexity index is 886. The lowest BCUT2D eigenvalue weighted by Crippen LogP contribution is -2.15. The Morgan fingerprint density at radius 1 is 1.23 bits per heavy atom. The van der Waals surface area contributed by atoms with Crippen molar-refractivity contribution in [3.8, 4) is 0 Å². The predicted molar refractivity (Wildman–Crippen MR) is 101 cm³/mol. The van der Waals surface area contributed by atoms with Gasteiger partial charge in [0.05, 0.1) is 11.5 Å². The number of nitrogens with one attached hydrogen (secondary N) is 1. The van der Waals surface area contributed by atoms with Gasteiger partial charge in [0.1, 0.15) is 0 Å². The van der Waals surface area contributed by atoms with E-state index in [1.807, 2.05) is 25.1 Å². The van der Waals surface area contributed by atoms with Gasteiger partial charge in [0.2, 0.25) is 11.8 Å². The molecule has 1 aromatic carbocycles. The number of anilines is 1. The molecule has 0 saturated carbocycles. The zero-order chi connectivity index (χ0) is 18.4. The molecule has 26 heavy (non-hydrogen) atoms. The molecule has 0 atom stereocenters. The van der Waals surface area contributed by atoms with Crippen LogP contribution < -0.4 is 5.32 Å². The van der Waals surface area contributed by atoms with Gasteiger partial charge >= 0.3 is 0 Å². The Morgan fingerprint density at radius 3 is 2.73 bits per heavy atom. The molecule has 9 heteroatoms. The number of thioether (sulfide) groups is 1. The predicted octanol–water partition coefficient (Wildman–Crippen LogP) is 3.50. The number of nitrogens with zero attached hydrogens (tertiary/aromatic N) is 4. The lowest BCUT2D eigenvalue weighted by molar-refractivity contribution is -0.113. The van der Waals surface area contributed by atoms with Crippen molar-refractivity contribution in [2.24, 2.45) is 0 Å². The fourth-order valence-corrected chi connectivity index (χ4v) is 3.57. The lowest BCUT2D eigenvalue weighted by atomic mass is 10.2. The zero-order valence-corrected chi connectivity index (χ0v) is 15.9. The van der Waals surface area contributed by atoms with Crippen LogP contribution in [0, 0.1) is 13.8 Å². The maximum Gasteiger partial charge on any atom is 0.234 e. The summed E-state index contributed by atoms with van der Waals surface area (Å²) in [6.07, 6.45) is 3.43.